The zero-order chi connectivity index (χ0) is 21.1. The van der Waals surface area contributed by atoms with Gasteiger partial charge in [0.25, 0.3) is 0 Å². The summed E-state index contributed by atoms with van der Waals surface area (Å²) in [4.78, 5) is 14.4. The fraction of sp³-hybridized carbons (Fsp3) is 0.125. The van der Waals surface area contributed by atoms with Crippen LogP contribution in [-0.2, 0) is 6.61 Å². The van der Waals surface area contributed by atoms with Crippen LogP contribution < -0.4 is 9.47 Å². The largest absolute Gasteiger partial charge is 0.490 e. The zero-order valence-corrected chi connectivity index (χ0v) is 20.1. The molecule has 0 aromatic heterocycles. The second-order valence-corrected chi connectivity index (χ2v) is 9.46. The fourth-order valence-corrected chi connectivity index (χ4v) is 4.81. The lowest BCUT2D eigenvalue weighted by Gasteiger charge is -2.14. The van der Waals surface area contributed by atoms with Gasteiger partial charge in [0.1, 0.15) is 6.61 Å². The van der Waals surface area contributed by atoms with Crippen molar-refractivity contribution in [2.75, 3.05) is 6.61 Å². The summed E-state index contributed by atoms with van der Waals surface area (Å²) in [5, 5.41) is 0. The van der Waals surface area contributed by atoms with E-state index >= 15 is 0 Å². The lowest BCUT2D eigenvalue weighted by Crippen LogP contribution is -2.01. The van der Waals surface area contributed by atoms with Crippen LogP contribution in [0.15, 0.2) is 79.4 Å². The van der Waals surface area contributed by atoms with Crippen molar-refractivity contribution in [2.45, 2.75) is 18.4 Å². The van der Waals surface area contributed by atoms with Crippen LogP contribution in [0.2, 0.25) is 0 Å². The quantitative estimate of drug-likeness (QED) is 0.300. The molecule has 6 heteroatoms. The van der Waals surface area contributed by atoms with E-state index in [1.807, 2.05) is 73.7 Å². The second-order valence-electron chi connectivity index (χ2n) is 6.60. The molecule has 30 heavy (non-hydrogen) atoms. The van der Waals surface area contributed by atoms with Crippen molar-refractivity contribution in [3.63, 3.8) is 0 Å². The lowest BCUT2D eigenvalue weighted by atomic mass is 10.1. The predicted molar refractivity (Wildman–Crippen MR) is 128 cm³/mol. The van der Waals surface area contributed by atoms with Gasteiger partial charge in [0.05, 0.1) is 11.5 Å². The number of thioether (sulfide) groups is 1. The van der Waals surface area contributed by atoms with Crippen molar-refractivity contribution < 1.29 is 14.3 Å². The molecule has 0 saturated heterocycles. The lowest BCUT2D eigenvalue weighted by molar-refractivity contribution is 0.104. The molecule has 0 amide bonds. The smallest absolute Gasteiger partial charge is 0.200 e. The maximum Gasteiger partial charge on any atom is 0.200 e. The van der Waals surface area contributed by atoms with Crippen LogP contribution >= 0.6 is 43.6 Å². The first-order chi connectivity index (χ1) is 14.5. The van der Waals surface area contributed by atoms with Gasteiger partial charge >= 0.3 is 0 Å². The number of halogens is 2. The molecule has 0 atom stereocenters. The number of carbonyl (C=O) groups is 1. The number of fused-ring (bicyclic) bond motifs is 1. The highest BCUT2D eigenvalue weighted by atomic mass is 79.9. The molecule has 3 aromatic rings. The maximum atomic E-state index is 12.7. The van der Waals surface area contributed by atoms with E-state index in [0.29, 0.717) is 29.6 Å². The number of allylic oxidation sites excluding steroid dienone is 1. The van der Waals surface area contributed by atoms with Gasteiger partial charge in [0.15, 0.2) is 11.5 Å². The Balaban J connectivity index is 1.60. The molecule has 4 rings (SSSR count). The Labute approximate surface area is 196 Å². The highest BCUT2D eigenvalue weighted by Gasteiger charge is 2.25. The molecule has 1 aliphatic heterocycles. The van der Waals surface area contributed by atoms with Crippen molar-refractivity contribution in [2.24, 2.45) is 0 Å². The maximum absolute atomic E-state index is 12.7. The molecule has 0 saturated carbocycles. The molecule has 152 valence electrons. The topological polar surface area (TPSA) is 35.5 Å². The van der Waals surface area contributed by atoms with Gasteiger partial charge in [0.2, 0.25) is 5.78 Å². The summed E-state index contributed by atoms with van der Waals surface area (Å²) in [6.07, 6.45) is 1.90. The van der Waals surface area contributed by atoms with E-state index in [0.717, 1.165) is 30.5 Å². The van der Waals surface area contributed by atoms with Crippen LogP contribution in [0.25, 0.3) is 6.08 Å². The van der Waals surface area contributed by atoms with Crippen LogP contribution in [0.3, 0.4) is 0 Å². The molecule has 0 unspecified atom stereocenters. The molecular formula is C24H18Br2O3S. The fourth-order valence-electron chi connectivity index (χ4n) is 3.06. The Bertz CT molecular complexity index is 1120. The summed E-state index contributed by atoms with van der Waals surface area (Å²) >= 11 is 8.56. The minimum atomic E-state index is 0.0519. The SMILES string of the molecule is CCOc1cc(/C=C2\Sc3ccccc3C2=O)c(Br)cc1OCc1ccc(Br)cc1. The second kappa shape index (κ2) is 9.41. The monoisotopic (exact) mass is 544 g/mol. The molecule has 1 heterocycles. The van der Waals surface area contributed by atoms with E-state index < -0.39 is 0 Å². The third kappa shape index (κ3) is 4.66. The molecule has 1 aliphatic rings. The van der Waals surface area contributed by atoms with Crippen molar-refractivity contribution in [1.82, 2.24) is 0 Å². The van der Waals surface area contributed by atoms with E-state index in [1.54, 1.807) is 0 Å². The van der Waals surface area contributed by atoms with Gasteiger partial charge in [-0.25, -0.2) is 0 Å². The highest BCUT2D eigenvalue weighted by molar-refractivity contribution is 9.10. The van der Waals surface area contributed by atoms with Gasteiger partial charge in [-0.2, -0.15) is 0 Å². The van der Waals surface area contributed by atoms with Crippen LogP contribution in [-0.4, -0.2) is 12.4 Å². The van der Waals surface area contributed by atoms with E-state index in [2.05, 4.69) is 31.9 Å². The number of rotatable bonds is 6. The van der Waals surface area contributed by atoms with E-state index in [1.165, 1.54) is 11.8 Å². The molecule has 0 aliphatic carbocycles. The Morgan fingerprint density at radius 1 is 0.967 bits per heavy atom. The van der Waals surface area contributed by atoms with Crippen molar-refractivity contribution in [1.29, 1.82) is 0 Å². The number of Topliss-reactive ketones (excluding diaryl/α,β-unsaturated/α-hetero) is 1. The summed E-state index contributed by atoms with van der Waals surface area (Å²) in [6, 6.07) is 19.5. The molecular weight excluding hydrogens is 528 g/mol. The number of ketones is 1. The van der Waals surface area contributed by atoms with Crippen molar-refractivity contribution >= 4 is 55.5 Å². The van der Waals surface area contributed by atoms with E-state index in [-0.39, 0.29) is 5.78 Å². The van der Waals surface area contributed by atoms with E-state index in [4.69, 9.17) is 9.47 Å². The summed E-state index contributed by atoms with van der Waals surface area (Å²) in [7, 11) is 0. The number of ether oxygens (including phenoxy) is 2. The molecule has 3 aromatic carbocycles. The van der Waals surface area contributed by atoms with Gasteiger partial charge in [-0.05, 0) is 60.5 Å². The Hall–Kier alpha value is -2.02. The standard InChI is InChI=1S/C24H18Br2O3S/c1-2-28-20-11-16(12-23-24(27)18-5-3-4-6-22(18)30-23)19(26)13-21(20)29-14-15-7-9-17(25)10-8-15/h3-13H,2,14H2,1H3/b23-12-. The molecule has 3 nitrogen and oxygen atoms in total. The van der Waals surface area contributed by atoms with Crippen LogP contribution in [0.5, 0.6) is 11.5 Å². The number of carbonyl (C=O) groups excluding carboxylic acids is 1. The average Bonchev–Trinajstić information content (AvgIpc) is 3.06. The van der Waals surface area contributed by atoms with Crippen LogP contribution in [0, 0.1) is 0 Å². The first-order valence-electron chi connectivity index (χ1n) is 9.42. The first kappa shape index (κ1) is 21.2. The van der Waals surface area contributed by atoms with Crippen molar-refractivity contribution in [3.05, 3.63) is 91.2 Å². The Morgan fingerprint density at radius 3 is 2.43 bits per heavy atom. The van der Waals surface area contributed by atoms with Crippen LogP contribution in [0.1, 0.15) is 28.4 Å². The molecule has 0 bridgehead atoms. The molecule has 0 spiro atoms. The number of benzene rings is 3. The van der Waals surface area contributed by atoms with Gasteiger partial charge in [0, 0.05) is 19.4 Å². The van der Waals surface area contributed by atoms with Gasteiger partial charge < -0.3 is 9.47 Å². The number of hydrogen-bond donors (Lipinski definition) is 0. The van der Waals surface area contributed by atoms with Crippen molar-refractivity contribution in [3.8, 4) is 11.5 Å². The summed E-state index contributed by atoms with van der Waals surface area (Å²) in [6.45, 7) is 2.89. The van der Waals surface area contributed by atoms with E-state index in [9.17, 15) is 4.79 Å². The minimum absolute atomic E-state index is 0.0519. The molecule has 0 N–H and O–H groups in total. The Kier molecular flexibility index (Phi) is 6.66. The summed E-state index contributed by atoms with van der Waals surface area (Å²) < 4.78 is 13.7. The van der Waals surface area contributed by atoms with Gasteiger partial charge in [-0.15, -0.1) is 0 Å². The number of hydrogen-bond acceptors (Lipinski definition) is 4. The zero-order valence-electron chi connectivity index (χ0n) is 16.2. The third-order valence-electron chi connectivity index (χ3n) is 4.53. The average molecular weight is 546 g/mol. The molecule has 0 fully saturated rings. The predicted octanol–water partition coefficient (Wildman–Crippen LogP) is 7.52. The third-order valence-corrected chi connectivity index (χ3v) is 6.85. The van der Waals surface area contributed by atoms with Crippen LogP contribution in [0.4, 0.5) is 0 Å². The highest BCUT2D eigenvalue weighted by Crippen LogP contribution is 2.42. The van der Waals surface area contributed by atoms with Gasteiger partial charge in [-0.1, -0.05) is 67.9 Å². The first-order valence-corrected chi connectivity index (χ1v) is 11.8. The molecule has 0 radical (unpaired) electrons. The summed E-state index contributed by atoms with van der Waals surface area (Å²) in [5.41, 5.74) is 2.69. The van der Waals surface area contributed by atoms with Gasteiger partial charge in [-0.3, -0.25) is 4.79 Å². The normalized spacial score (nSPS) is 14.1. The summed E-state index contributed by atoms with van der Waals surface area (Å²) in [5.74, 6) is 1.36. The Morgan fingerprint density at radius 2 is 1.70 bits per heavy atom. The minimum Gasteiger partial charge on any atom is -0.490 e.